The molecule has 0 bridgehead atoms. The van der Waals surface area contributed by atoms with Crippen LogP contribution < -0.4 is 9.47 Å². The molecule has 0 aliphatic rings. The molecule has 0 N–H and O–H groups in total. The summed E-state index contributed by atoms with van der Waals surface area (Å²) in [7, 11) is 1.54. The Bertz CT molecular complexity index is 979. The van der Waals surface area contributed by atoms with Crippen LogP contribution in [0.3, 0.4) is 0 Å². The Labute approximate surface area is 159 Å². The van der Waals surface area contributed by atoms with Gasteiger partial charge in [0.05, 0.1) is 16.5 Å². The minimum Gasteiger partial charge on any atom is -0.493 e. The highest BCUT2D eigenvalue weighted by molar-refractivity contribution is 9.10. The third-order valence-electron chi connectivity index (χ3n) is 3.89. The molecule has 132 valence electrons. The number of methoxy groups -OCH3 is 1. The van der Waals surface area contributed by atoms with Crippen LogP contribution in [0.1, 0.15) is 11.1 Å². The second-order valence-corrected chi connectivity index (χ2v) is 6.42. The van der Waals surface area contributed by atoms with E-state index in [-0.39, 0.29) is 0 Å². The van der Waals surface area contributed by atoms with Crippen molar-refractivity contribution in [3.8, 4) is 11.5 Å². The zero-order valence-corrected chi connectivity index (χ0v) is 15.6. The number of fused-ring (bicyclic) bond motifs is 1. The molecule has 0 aliphatic carbocycles. The maximum Gasteiger partial charge on any atom is 0.235 e. The molecule has 0 saturated carbocycles. The van der Waals surface area contributed by atoms with E-state index in [1.165, 1.54) is 13.2 Å². The average molecular weight is 414 g/mol. The van der Waals surface area contributed by atoms with Crippen LogP contribution in [0.4, 0.5) is 0 Å². The van der Waals surface area contributed by atoms with Gasteiger partial charge in [0.1, 0.15) is 6.61 Å². The van der Waals surface area contributed by atoms with E-state index in [1.54, 1.807) is 12.1 Å². The summed E-state index contributed by atoms with van der Waals surface area (Å²) in [5.74, 6) is 1.06. The maximum atomic E-state index is 10.5. The minimum atomic E-state index is -0.509. The summed E-state index contributed by atoms with van der Waals surface area (Å²) in [6, 6.07) is 17.7. The van der Waals surface area contributed by atoms with Crippen molar-refractivity contribution in [2.24, 2.45) is 0 Å². The highest BCUT2D eigenvalue weighted by atomic mass is 79.9. The van der Waals surface area contributed by atoms with Crippen molar-refractivity contribution in [3.05, 3.63) is 86.5 Å². The number of nitrogens with zero attached hydrogens (tertiary/aromatic N) is 1. The topological polar surface area (TPSA) is 61.6 Å². The van der Waals surface area contributed by atoms with Gasteiger partial charge in [-0.15, -0.1) is 0 Å². The maximum absolute atomic E-state index is 10.5. The summed E-state index contributed by atoms with van der Waals surface area (Å²) in [4.78, 5) is 9.99. The van der Waals surface area contributed by atoms with Gasteiger partial charge in [0.15, 0.2) is 11.5 Å². The number of ether oxygens (including phenoxy) is 2. The summed E-state index contributed by atoms with van der Waals surface area (Å²) >= 11 is 3.46. The molecule has 5 nitrogen and oxygen atoms in total. The van der Waals surface area contributed by atoms with Gasteiger partial charge in [0.2, 0.25) is 6.20 Å². The van der Waals surface area contributed by atoms with E-state index in [0.29, 0.717) is 28.1 Å². The Kier molecular flexibility index (Phi) is 5.53. The first-order chi connectivity index (χ1) is 12.6. The van der Waals surface area contributed by atoms with Gasteiger partial charge in [-0.2, -0.15) is 0 Å². The average Bonchev–Trinajstić information content (AvgIpc) is 2.65. The Hall–Kier alpha value is -2.86. The second-order valence-electron chi connectivity index (χ2n) is 5.56. The Morgan fingerprint density at radius 1 is 1.15 bits per heavy atom. The number of hydrogen-bond acceptors (Lipinski definition) is 4. The monoisotopic (exact) mass is 413 g/mol. The third-order valence-corrected chi connectivity index (χ3v) is 4.48. The molecule has 0 aliphatic heterocycles. The Morgan fingerprint density at radius 3 is 2.69 bits per heavy atom. The molecule has 6 heteroatoms. The van der Waals surface area contributed by atoms with Gasteiger partial charge in [0, 0.05) is 6.08 Å². The lowest BCUT2D eigenvalue weighted by atomic mass is 10.1. The summed E-state index contributed by atoms with van der Waals surface area (Å²) in [5.41, 5.74) is 1.71. The summed E-state index contributed by atoms with van der Waals surface area (Å²) in [6.45, 7) is 0.375. The van der Waals surface area contributed by atoms with Crippen LogP contribution in [0.5, 0.6) is 11.5 Å². The number of nitro groups is 1. The molecule has 0 unspecified atom stereocenters. The normalized spacial score (nSPS) is 11.0. The molecule has 0 fully saturated rings. The van der Waals surface area contributed by atoms with E-state index in [2.05, 4.69) is 34.1 Å². The van der Waals surface area contributed by atoms with Gasteiger partial charge >= 0.3 is 0 Å². The molecular weight excluding hydrogens is 398 g/mol. The zero-order valence-electron chi connectivity index (χ0n) is 14.0. The molecule has 0 radical (unpaired) electrons. The van der Waals surface area contributed by atoms with Crippen molar-refractivity contribution in [3.63, 3.8) is 0 Å². The molecule has 0 saturated heterocycles. The van der Waals surface area contributed by atoms with Crippen molar-refractivity contribution < 1.29 is 14.4 Å². The standard InChI is InChI=1S/C20H16BrNO4/c1-25-19-12-14(9-10-22(23)24)11-18(21)20(19)26-13-16-7-4-6-15-5-2-3-8-17(15)16/h2-12H,13H2,1H3/b10-9-. The summed E-state index contributed by atoms with van der Waals surface area (Å²) in [6.07, 6.45) is 2.29. The van der Waals surface area contributed by atoms with Crippen LogP contribution >= 0.6 is 15.9 Å². The van der Waals surface area contributed by atoms with Crippen LogP contribution in [-0.2, 0) is 6.61 Å². The number of rotatable bonds is 6. The molecule has 3 rings (SSSR count). The van der Waals surface area contributed by atoms with Crippen LogP contribution in [-0.4, -0.2) is 12.0 Å². The molecular formula is C20H16BrNO4. The highest BCUT2D eigenvalue weighted by Crippen LogP contribution is 2.37. The van der Waals surface area contributed by atoms with Crippen molar-refractivity contribution in [2.75, 3.05) is 7.11 Å². The van der Waals surface area contributed by atoms with Crippen LogP contribution in [0.25, 0.3) is 16.8 Å². The number of benzene rings is 3. The van der Waals surface area contributed by atoms with Gasteiger partial charge in [-0.05, 0) is 50.0 Å². The van der Waals surface area contributed by atoms with Gasteiger partial charge in [0.25, 0.3) is 0 Å². The molecule has 0 heterocycles. The fourth-order valence-electron chi connectivity index (χ4n) is 2.69. The van der Waals surface area contributed by atoms with Crippen molar-refractivity contribution in [1.82, 2.24) is 0 Å². The SMILES string of the molecule is COc1cc(/C=C\[N+](=O)[O-])cc(Br)c1OCc1cccc2ccccc12. The molecule has 0 amide bonds. The van der Waals surface area contributed by atoms with Crippen LogP contribution in [0, 0.1) is 10.1 Å². The van der Waals surface area contributed by atoms with Gasteiger partial charge in [-0.1, -0.05) is 42.5 Å². The minimum absolute atomic E-state index is 0.375. The van der Waals surface area contributed by atoms with Crippen LogP contribution in [0.2, 0.25) is 0 Å². The van der Waals surface area contributed by atoms with E-state index >= 15 is 0 Å². The lowest BCUT2D eigenvalue weighted by molar-refractivity contribution is -0.400. The smallest absolute Gasteiger partial charge is 0.235 e. The third kappa shape index (κ3) is 4.03. The van der Waals surface area contributed by atoms with Crippen LogP contribution in [0.15, 0.2) is 65.3 Å². The molecule has 0 atom stereocenters. The van der Waals surface area contributed by atoms with Crippen molar-refractivity contribution in [1.29, 1.82) is 0 Å². The molecule has 26 heavy (non-hydrogen) atoms. The van der Waals surface area contributed by atoms with Gasteiger partial charge < -0.3 is 9.47 Å². The van der Waals surface area contributed by atoms with Gasteiger partial charge in [-0.25, -0.2) is 0 Å². The first kappa shape index (κ1) is 17.9. The molecule has 0 aromatic heterocycles. The fourth-order valence-corrected chi connectivity index (χ4v) is 3.27. The number of hydrogen-bond donors (Lipinski definition) is 0. The van der Waals surface area contributed by atoms with Crippen molar-refractivity contribution >= 4 is 32.8 Å². The fraction of sp³-hybridized carbons (Fsp3) is 0.100. The zero-order chi connectivity index (χ0) is 18.5. The van der Waals surface area contributed by atoms with E-state index in [0.717, 1.165) is 22.5 Å². The van der Waals surface area contributed by atoms with Crippen molar-refractivity contribution in [2.45, 2.75) is 6.61 Å². The Morgan fingerprint density at radius 2 is 1.92 bits per heavy atom. The van der Waals surface area contributed by atoms with E-state index < -0.39 is 4.92 Å². The van der Waals surface area contributed by atoms with E-state index in [1.807, 2.05) is 24.3 Å². The first-order valence-electron chi connectivity index (χ1n) is 7.87. The summed E-state index contributed by atoms with van der Waals surface area (Å²) in [5, 5.41) is 12.8. The lowest BCUT2D eigenvalue weighted by Gasteiger charge is -2.14. The molecule has 3 aromatic carbocycles. The second kappa shape index (κ2) is 8.01. The van der Waals surface area contributed by atoms with E-state index in [4.69, 9.17) is 9.47 Å². The van der Waals surface area contributed by atoms with E-state index in [9.17, 15) is 10.1 Å². The Balaban J connectivity index is 1.88. The molecule has 3 aromatic rings. The molecule has 0 spiro atoms. The predicted octanol–water partition coefficient (Wildman–Crippen LogP) is 5.44. The largest absolute Gasteiger partial charge is 0.493 e. The highest BCUT2D eigenvalue weighted by Gasteiger charge is 2.12. The quantitative estimate of drug-likeness (QED) is 0.398. The first-order valence-corrected chi connectivity index (χ1v) is 8.66. The summed E-state index contributed by atoms with van der Waals surface area (Å²) < 4.78 is 12.1. The predicted molar refractivity (Wildman–Crippen MR) is 105 cm³/mol. The van der Waals surface area contributed by atoms with Gasteiger partial charge in [-0.3, -0.25) is 10.1 Å². The number of halogens is 1. The lowest BCUT2D eigenvalue weighted by Crippen LogP contribution is -2.00.